The second-order valence-corrected chi connectivity index (χ2v) is 5.36. The molecule has 15 heavy (non-hydrogen) atoms. The highest BCUT2D eigenvalue weighted by atomic mass is 32.2. The highest BCUT2D eigenvalue weighted by molar-refractivity contribution is 7.90. The van der Waals surface area contributed by atoms with Crippen molar-refractivity contribution in [2.75, 3.05) is 6.26 Å². The molecule has 1 heterocycles. The topological polar surface area (TPSA) is 47.0 Å². The molecule has 0 N–H and O–H groups in total. The second-order valence-electron chi connectivity index (χ2n) is 3.34. The molecule has 0 saturated carbocycles. The summed E-state index contributed by atoms with van der Waals surface area (Å²) in [6.45, 7) is 7.96. The molecule has 86 valence electrons. The van der Waals surface area contributed by atoms with Crippen LogP contribution in [0.4, 0.5) is 0 Å². The van der Waals surface area contributed by atoms with Gasteiger partial charge in [-0.1, -0.05) is 27.7 Å². The Morgan fingerprint density at radius 2 is 1.80 bits per heavy atom. The van der Waals surface area contributed by atoms with Crippen molar-refractivity contribution in [1.82, 2.24) is 4.98 Å². The molecule has 0 bridgehead atoms. The van der Waals surface area contributed by atoms with Crippen LogP contribution in [0, 0.1) is 0 Å². The number of aromatic nitrogens is 1. The van der Waals surface area contributed by atoms with Gasteiger partial charge in [0.05, 0.1) is 4.90 Å². The first-order chi connectivity index (χ1) is 6.91. The van der Waals surface area contributed by atoms with E-state index in [4.69, 9.17) is 0 Å². The maximum atomic E-state index is 11.2. The van der Waals surface area contributed by atoms with E-state index in [0.717, 1.165) is 5.69 Å². The van der Waals surface area contributed by atoms with E-state index in [-0.39, 0.29) is 5.92 Å². The van der Waals surface area contributed by atoms with Gasteiger partial charge in [-0.05, 0) is 18.1 Å². The van der Waals surface area contributed by atoms with Crippen LogP contribution in [0.25, 0.3) is 0 Å². The third-order valence-electron chi connectivity index (χ3n) is 1.77. The summed E-state index contributed by atoms with van der Waals surface area (Å²) >= 11 is 0. The fourth-order valence-corrected chi connectivity index (χ4v) is 1.62. The summed E-state index contributed by atoms with van der Waals surface area (Å²) in [5, 5.41) is 0. The molecule has 1 aromatic rings. The molecule has 0 spiro atoms. The van der Waals surface area contributed by atoms with E-state index >= 15 is 0 Å². The van der Waals surface area contributed by atoms with Gasteiger partial charge in [-0.2, -0.15) is 0 Å². The van der Waals surface area contributed by atoms with E-state index in [9.17, 15) is 8.42 Å². The van der Waals surface area contributed by atoms with Crippen LogP contribution in [-0.2, 0) is 9.84 Å². The fraction of sp³-hybridized carbons (Fsp3) is 0.545. The van der Waals surface area contributed by atoms with Crippen LogP contribution in [-0.4, -0.2) is 19.7 Å². The molecule has 0 unspecified atom stereocenters. The standard InChI is InChI=1S/C9H13NO2S.C2H6/c1-7(2)9-6-8(4-5-10-9)13(3,11)12;1-2/h4-7H,1-3H3;1-2H3. The van der Waals surface area contributed by atoms with E-state index in [1.807, 2.05) is 27.7 Å². The van der Waals surface area contributed by atoms with Crippen LogP contribution >= 0.6 is 0 Å². The fourth-order valence-electron chi connectivity index (χ4n) is 0.974. The lowest BCUT2D eigenvalue weighted by atomic mass is 10.1. The SMILES string of the molecule is CC.CC(C)c1cc(S(C)(=O)=O)ccn1. The zero-order valence-corrected chi connectivity index (χ0v) is 10.8. The van der Waals surface area contributed by atoms with Crippen LogP contribution < -0.4 is 0 Å². The van der Waals surface area contributed by atoms with E-state index in [0.29, 0.717) is 4.90 Å². The quantitative estimate of drug-likeness (QED) is 0.783. The van der Waals surface area contributed by atoms with Crippen molar-refractivity contribution in [2.24, 2.45) is 0 Å². The van der Waals surface area contributed by atoms with Crippen LogP contribution in [0.1, 0.15) is 39.3 Å². The lowest BCUT2D eigenvalue weighted by Crippen LogP contribution is -2.00. The summed E-state index contributed by atoms with van der Waals surface area (Å²) in [6.07, 6.45) is 2.73. The van der Waals surface area contributed by atoms with Crippen molar-refractivity contribution in [2.45, 2.75) is 38.5 Å². The van der Waals surface area contributed by atoms with Crippen molar-refractivity contribution in [3.63, 3.8) is 0 Å². The Kier molecular flexibility index (Phi) is 5.50. The van der Waals surface area contributed by atoms with Crippen LogP contribution in [0.5, 0.6) is 0 Å². The minimum Gasteiger partial charge on any atom is -0.261 e. The molecule has 0 aromatic carbocycles. The van der Waals surface area contributed by atoms with Crippen LogP contribution in [0.2, 0.25) is 0 Å². The van der Waals surface area contributed by atoms with Gasteiger partial charge in [0.25, 0.3) is 0 Å². The average molecular weight is 229 g/mol. The lowest BCUT2D eigenvalue weighted by Gasteiger charge is -2.05. The third kappa shape index (κ3) is 4.42. The Bertz CT molecular complexity index is 397. The van der Waals surface area contributed by atoms with Crippen molar-refractivity contribution in [1.29, 1.82) is 0 Å². The molecule has 3 nitrogen and oxygen atoms in total. The maximum Gasteiger partial charge on any atom is 0.175 e. The zero-order chi connectivity index (χ0) is 12.1. The van der Waals surface area contributed by atoms with Crippen molar-refractivity contribution in [3.05, 3.63) is 24.0 Å². The number of hydrogen-bond acceptors (Lipinski definition) is 3. The van der Waals surface area contributed by atoms with Gasteiger partial charge in [-0.15, -0.1) is 0 Å². The highest BCUT2D eigenvalue weighted by Crippen LogP contribution is 2.15. The third-order valence-corrected chi connectivity index (χ3v) is 2.88. The van der Waals surface area contributed by atoms with Gasteiger partial charge >= 0.3 is 0 Å². The number of rotatable bonds is 2. The van der Waals surface area contributed by atoms with Crippen LogP contribution in [0.3, 0.4) is 0 Å². The van der Waals surface area contributed by atoms with Gasteiger partial charge in [0.2, 0.25) is 0 Å². The van der Waals surface area contributed by atoms with E-state index in [1.165, 1.54) is 18.5 Å². The first kappa shape index (κ1) is 14.1. The molecule has 0 atom stereocenters. The Labute approximate surface area is 92.5 Å². The predicted octanol–water partition coefficient (Wildman–Crippen LogP) is 2.63. The predicted molar refractivity (Wildman–Crippen MR) is 62.8 cm³/mol. The normalized spacial score (nSPS) is 10.8. The summed E-state index contributed by atoms with van der Waals surface area (Å²) in [7, 11) is -3.10. The Balaban J connectivity index is 0.000000921. The molecule has 0 aliphatic heterocycles. The molecular weight excluding hydrogens is 210 g/mol. The summed E-state index contributed by atoms with van der Waals surface area (Å²) in [6, 6.07) is 3.14. The zero-order valence-electron chi connectivity index (χ0n) is 9.98. The smallest absolute Gasteiger partial charge is 0.175 e. The van der Waals surface area contributed by atoms with Crippen molar-refractivity contribution in [3.8, 4) is 0 Å². The Morgan fingerprint density at radius 3 is 2.20 bits per heavy atom. The van der Waals surface area contributed by atoms with E-state index < -0.39 is 9.84 Å². The van der Waals surface area contributed by atoms with Gasteiger partial charge in [0, 0.05) is 18.1 Å². The Hall–Kier alpha value is -0.900. The first-order valence-electron chi connectivity index (χ1n) is 5.07. The molecule has 0 fully saturated rings. The maximum absolute atomic E-state index is 11.2. The molecule has 0 aliphatic carbocycles. The lowest BCUT2D eigenvalue weighted by molar-refractivity contribution is 0.601. The minimum absolute atomic E-state index is 0.252. The van der Waals surface area contributed by atoms with Gasteiger partial charge in [-0.3, -0.25) is 4.98 Å². The average Bonchev–Trinajstić information content (AvgIpc) is 2.20. The summed E-state index contributed by atoms with van der Waals surface area (Å²) in [4.78, 5) is 4.43. The summed E-state index contributed by atoms with van der Waals surface area (Å²) < 4.78 is 22.4. The minimum atomic E-state index is -3.10. The molecule has 0 radical (unpaired) electrons. The number of pyridine rings is 1. The van der Waals surface area contributed by atoms with Gasteiger partial charge in [-0.25, -0.2) is 8.42 Å². The largest absolute Gasteiger partial charge is 0.261 e. The number of sulfone groups is 1. The number of hydrogen-bond donors (Lipinski definition) is 0. The van der Waals surface area contributed by atoms with E-state index in [1.54, 1.807) is 6.07 Å². The number of nitrogens with zero attached hydrogens (tertiary/aromatic N) is 1. The molecule has 0 aliphatic rings. The molecule has 1 rings (SSSR count). The molecular formula is C11H19NO2S. The van der Waals surface area contributed by atoms with Crippen molar-refractivity contribution >= 4 is 9.84 Å². The second kappa shape index (κ2) is 5.85. The molecule has 4 heteroatoms. The molecule has 0 saturated heterocycles. The summed E-state index contributed by atoms with van der Waals surface area (Å²) in [5.41, 5.74) is 0.808. The van der Waals surface area contributed by atoms with E-state index in [2.05, 4.69) is 4.98 Å². The van der Waals surface area contributed by atoms with Gasteiger partial charge in [0.15, 0.2) is 9.84 Å². The van der Waals surface area contributed by atoms with Gasteiger partial charge < -0.3 is 0 Å². The first-order valence-corrected chi connectivity index (χ1v) is 6.96. The highest BCUT2D eigenvalue weighted by Gasteiger charge is 2.09. The van der Waals surface area contributed by atoms with Gasteiger partial charge in [0.1, 0.15) is 0 Å². The molecule has 1 aromatic heterocycles. The van der Waals surface area contributed by atoms with Crippen LogP contribution in [0.15, 0.2) is 23.2 Å². The monoisotopic (exact) mass is 229 g/mol. The molecule has 0 amide bonds. The van der Waals surface area contributed by atoms with Crippen molar-refractivity contribution < 1.29 is 8.42 Å². The summed E-state index contributed by atoms with van der Waals surface area (Å²) in [5.74, 6) is 0.252. The Morgan fingerprint density at radius 1 is 1.27 bits per heavy atom.